The van der Waals surface area contributed by atoms with Crippen LogP contribution in [-0.2, 0) is 13.1 Å². The quantitative estimate of drug-likeness (QED) is 0.666. The Labute approximate surface area is 140 Å². The molecule has 4 rings (SSSR count). The number of ketones is 1. The number of hydrogen-bond acceptors (Lipinski definition) is 3. The lowest BCUT2D eigenvalue weighted by molar-refractivity contribution is 0.0970. The van der Waals surface area contributed by atoms with Crippen molar-refractivity contribution in [3.8, 4) is 0 Å². The zero-order chi connectivity index (χ0) is 16.4. The Hall–Kier alpha value is -3.07. The lowest BCUT2D eigenvalue weighted by atomic mass is 9.95. The van der Waals surface area contributed by atoms with Gasteiger partial charge in [0.2, 0.25) is 5.78 Å². The van der Waals surface area contributed by atoms with E-state index in [1.807, 2.05) is 60.7 Å². The Morgan fingerprint density at radius 2 is 1.75 bits per heavy atom. The third kappa shape index (κ3) is 2.76. The number of furan rings is 1. The zero-order valence-corrected chi connectivity index (χ0v) is 13.2. The van der Waals surface area contributed by atoms with Gasteiger partial charge in [-0.3, -0.25) is 4.79 Å². The van der Waals surface area contributed by atoms with Crippen molar-refractivity contribution in [1.82, 2.24) is 4.90 Å². The summed E-state index contributed by atoms with van der Waals surface area (Å²) in [5.74, 6) is 0.736. The van der Waals surface area contributed by atoms with Gasteiger partial charge in [0.25, 0.3) is 0 Å². The second-order valence-corrected chi connectivity index (χ2v) is 5.87. The number of carbonyl (C=O) groups is 1. The molecule has 1 aromatic heterocycles. The SMILES string of the molecule is O=C1C(=Cc2ccco2)N(Cc2ccccc2)Cc2ccccc21. The summed E-state index contributed by atoms with van der Waals surface area (Å²) in [7, 11) is 0. The number of nitrogens with zero attached hydrogens (tertiary/aromatic N) is 1. The van der Waals surface area contributed by atoms with Crippen molar-refractivity contribution >= 4 is 11.9 Å². The number of carbonyl (C=O) groups excluding carboxylic acids is 1. The predicted molar refractivity (Wildman–Crippen MR) is 93.1 cm³/mol. The summed E-state index contributed by atoms with van der Waals surface area (Å²) in [6.07, 6.45) is 3.45. The maximum absolute atomic E-state index is 13.0. The molecule has 2 aromatic carbocycles. The first-order valence-corrected chi connectivity index (χ1v) is 7.98. The highest BCUT2D eigenvalue weighted by Gasteiger charge is 2.27. The normalized spacial score (nSPS) is 15.6. The maximum atomic E-state index is 13.0. The topological polar surface area (TPSA) is 33.5 Å². The first-order valence-electron chi connectivity index (χ1n) is 7.98. The van der Waals surface area contributed by atoms with Crippen molar-refractivity contribution in [2.45, 2.75) is 13.1 Å². The van der Waals surface area contributed by atoms with E-state index in [0.717, 1.165) is 11.1 Å². The van der Waals surface area contributed by atoms with Crippen molar-refractivity contribution in [1.29, 1.82) is 0 Å². The molecule has 0 spiro atoms. The molecule has 0 fully saturated rings. The Balaban J connectivity index is 1.75. The molecule has 0 N–H and O–H groups in total. The highest BCUT2D eigenvalue weighted by Crippen LogP contribution is 2.28. The van der Waals surface area contributed by atoms with E-state index in [-0.39, 0.29) is 5.78 Å². The van der Waals surface area contributed by atoms with Crippen LogP contribution in [0, 0.1) is 0 Å². The largest absolute Gasteiger partial charge is 0.465 e. The van der Waals surface area contributed by atoms with Crippen LogP contribution in [0.3, 0.4) is 0 Å². The molecule has 3 nitrogen and oxygen atoms in total. The number of benzene rings is 2. The Kier molecular flexibility index (Phi) is 3.75. The van der Waals surface area contributed by atoms with Crippen molar-refractivity contribution in [2.24, 2.45) is 0 Å². The monoisotopic (exact) mass is 315 g/mol. The fourth-order valence-electron chi connectivity index (χ4n) is 3.06. The summed E-state index contributed by atoms with van der Waals surface area (Å²) in [5.41, 5.74) is 3.69. The van der Waals surface area contributed by atoms with Crippen LogP contribution in [0.4, 0.5) is 0 Å². The smallest absolute Gasteiger partial charge is 0.209 e. The molecule has 3 aromatic rings. The van der Waals surface area contributed by atoms with E-state index in [1.54, 1.807) is 6.26 Å². The molecule has 1 aliphatic heterocycles. The van der Waals surface area contributed by atoms with E-state index >= 15 is 0 Å². The zero-order valence-electron chi connectivity index (χ0n) is 13.2. The molecular weight excluding hydrogens is 298 g/mol. The Bertz CT molecular complexity index is 879. The van der Waals surface area contributed by atoms with Gasteiger partial charge in [-0.15, -0.1) is 0 Å². The minimum atomic E-state index is 0.0455. The molecule has 3 heteroatoms. The molecule has 0 saturated heterocycles. The van der Waals surface area contributed by atoms with Crippen LogP contribution < -0.4 is 0 Å². The van der Waals surface area contributed by atoms with Gasteiger partial charge in [-0.2, -0.15) is 0 Å². The molecule has 118 valence electrons. The third-order valence-electron chi connectivity index (χ3n) is 4.23. The van der Waals surface area contributed by atoms with Gasteiger partial charge in [0.15, 0.2) is 0 Å². The van der Waals surface area contributed by atoms with Gasteiger partial charge in [0.1, 0.15) is 5.76 Å². The van der Waals surface area contributed by atoms with E-state index in [9.17, 15) is 4.79 Å². The fraction of sp³-hybridized carbons (Fsp3) is 0.0952. The van der Waals surface area contributed by atoms with Crippen LogP contribution >= 0.6 is 0 Å². The molecule has 0 amide bonds. The van der Waals surface area contributed by atoms with E-state index in [0.29, 0.717) is 24.5 Å². The summed E-state index contributed by atoms with van der Waals surface area (Å²) in [6, 6.07) is 21.7. The Morgan fingerprint density at radius 1 is 0.958 bits per heavy atom. The lowest BCUT2D eigenvalue weighted by Gasteiger charge is -2.32. The van der Waals surface area contributed by atoms with Crippen LogP contribution in [0.2, 0.25) is 0 Å². The molecule has 2 heterocycles. The van der Waals surface area contributed by atoms with E-state index < -0.39 is 0 Å². The van der Waals surface area contributed by atoms with E-state index in [4.69, 9.17) is 4.42 Å². The number of Topliss-reactive ketones (excluding diaryl/α,β-unsaturated/α-hetero) is 1. The fourth-order valence-corrected chi connectivity index (χ4v) is 3.06. The first-order chi connectivity index (χ1) is 11.8. The molecule has 0 aliphatic carbocycles. The van der Waals surface area contributed by atoms with Crippen molar-refractivity contribution < 1.29 is 9.21 Å². The van der Waals surface area contributed by atoms with Gasteiger partial charge >= 0.3 is 0 Å². The molecule has 0 radical (unpaired) electrons. The van der Waals surface area contributed by atoms with E-state index in [2.05, 4.69) is 17.0 Å². The molecule has 1 aliphatic rings. The molecule has 0 bridgehead atoms. The van der Waals surface area contributed by atoms with Crippen molar-refractivity contribution in [3.05, 3.63) is 101 Å². The summed E-state index contributed by atoms with van der Waals surface area (Å²) in [4.78, 5) is 15.1. The van der Waals surface area contributed by atoms with Gasteiger partial charge in [-0.05, 0) is 23.3 Å². The van der Waals surface area contributed by atoms with Crippen molar-refractivity contribution in [3.63, 3.8) is 0 Å². The van der Waals surface area contributed by atoms with Crippen LogP contribution in [-0.4, -0.2) is 10.7 Å². The van der Waals surface area contributed by atoms with Gasteiger partial charge in [-0.25, -0.2) is 0 Å². The van der Waals surface area contributed by atoms with Crippen LogP contribution in [0.15, 0.2) is 83.1 Å². The highest BCUT2D eigenvalue weighted by atomic mass is 16.3. The van der Waals surface area contributed by atoms with Gasteiger partial charge in [-0.1, -0.05) is 54.6 Å². The van der Waals surface area contributed by atoms with Crippen LogP contribution in [0.1, 0.15) is 27.2 Å². The second kappa shape index (κ2) is 6.20. The average Bonchev–Trinajstić information content (AvgIpc) is 3.12. The van der Waals surface area contributed by atoms with Crippen molar-refractivity contribution in [2.75, 3.05) is 0 Å². The van der Waals surface area contributed by atoms with E-state index in [1.165, 1.54) is 5.56 Å². The second-order valence-electron chi connectivity index (χ2n) is 5.87. The molecular formula is C21H17NO2. The average molecular weight is 315 g/mol. The minimum Gasteiger partial charge on any atom is -0.465 e. The summed E-state index contributed by atoms with van der Waals surface area (Å²) in [6.45, 7) is 1.40. The highest BCUT2D eigenvalue weighted by molar-refractivity contribution is 6.12. The number of fused-ring (bicyclic) bond motifs is 1. The first kappa shape index (κ1) is 14.5. The number of rotatable bonds is 3. The van der Waals surface area contributed by atoms with Gasteiger partial charge in [0.05, 0.1) is 12.0 Å². The predicted octanol–water partition coefficient (Wildman–Crippen LogP) is 4.52. The molecule has 24 heavy (non-hydrogen) atoms. The van der Waals surface area contributed by atoms with Gasteiger partial charge in [0, 0.05) is 24.7 Å². The standard InChI is InChI=1S/C21H17NO2/c23-21-19-11-5-4-9-17(19)15-22(14-16-7-2-1-3-8-16)20(21)13-18-10-6-12-24-18/h1-13H,14-15H2. The third-order valence-corrected chi connectivity index (χ3v) is 4.23. The van der Waals surface area contributed by atoms with Gasteiger partial charge < -0.3 is 9.32 Å². The summed E-state index contributed by atoms with van der Waals surface area (Å²) in [5, 5.41) is 0. The van der Waals surface area contributed by atoms with Crippen LogP contribution in [0.25, 0.3) is 6.08 Å². The molecule has 0 atom stereocenters. The number of allylic oxidation sites excluding steroid dienone is 1. The molecule has 0 saturated carbocycles. The maximum Gasteiger partial charge on any atom is 0.209 e. The minimum absolute atomic E-state index is 0.0455. The summed E-state index contributed by atoms with van der Waals surface area (Å²) < 4.78 is 5.42. The van der Waals surface area contributed by atoms with Crippen LogP contribution in [0.5, 0.6) is 0 Å². The summed E-state index contributed by atoms with van der Waals surface area (Å²) >= 11 is 0. The molecule has 0 unspecified atom stereocenters. The lowest BCUT2D eigenvalue weighted by Crippen LogP contribution is -2.32. The number of hydrogen-bond donors (Lipinski definition) is 0. The Morgan fingerprint density at radius 3 is 2.54 bits per heavy atom.